The fraction of sp³-hybridized carbons (Fsp3) is 0.0769. The van der Waals surface area contributed by atoms with Gasteiger partial charge in [0, 0.05) is 5.69 Å². The van der Waals surface area contributed by atoms with E-state index in [0.29, 0.717) is 17.2 Å². The zero-order chi connectivity index (χ0) is 12.3. The molecule has 4 heteroatoms. The van der Waals surface area contributed by atoms with E-state index in [2.05, 4.69) is 16.4 Å². The Morgan fingerprint density at radius 1 is 1.29 bits per heavy atom. The second-order valence-electron chi connectivity index (χ2n) is 3.71. The van der Waals surface area contributed by atoms with Crippen molar-refractivity contribution in [3.8, 4) is 6.07 Å². The summed E-state index contributed by atoms with van der Waals surface area (Å²) < 4.78 is 0. The normalized spacial score (nSPS) is 9.65. The molecule has 3 N–H and O–H groups in total. The lowest BCUT2D eigenvalue weighted by Crippen LogP contribution is -1.98. The first-order chi connectivity index (χ1) is 8.19. The van der Waals surface area contributed by atoms with Gasteiger partial charge in [0.25, 0.3) is 0 Å². The minimum Gasteiger partial charge on any atom is -0.384 e. The van der Waals surface area contributed by atoms with E-state index in [1.54, 1.807) is 18.2 Å². The summed E-state index contributed by atoms with van der Waals surface area (Å²) >= 11 is 0. The van der Waals surface area contributed by atoms with Crippen LogP contribution < -0.4 is 11.1 Å². The molecule has 0 radical (unpaired) electrons. The first-order valence-electron chi connectivity index (χ1n) is 5.19. The summed E-state index contributed by atoms with van der Waals surface area (Å²) in [6.45, 7) is 1.97. The zero-order valence-electron chi connectivity index (χ0n) is 9.44. The Bertz CT molecular complexity index is 584. The molecule has 1 aromatic carbocycles. The molecule has 1 heterocycles. The van der Waals surface area contributed by atoms with Crippen LogP contribution in [-0.4, -0.2) is 4.98 Å². The highest BCUT2D eigenvalue weighted by molar-refractivity contribution is 5.63. The van der Waals surface area contributed by atoms with E-state index in [1.165, 1.54) is 0 Å². The van der Waals surface area contributed by atoms with Crippen LogP contribution in [0, 0.1) is 18.3 Å². The molecule has 0 saturated heterocycles. The average Bonchev–Trinajstić information content (AvgIpc) is 2.32. The van der Waals surface area contributed by atoms with Crippen molar-refractivity contribution in [1.29, 1.82) is 5.26 Å². The maximum Gasteiger partial charge on any atom is 0.132 e. The minimum absolute atomic E-state index is 0.462. The average molecular weight is 224 g/mol. The van der Waals surface area contributed by atoms with Crippen LogP contribution >= 0.6 is 0 Å². The molecule has 4 nitrogen and oxygen atoms in total. The van der Waals surface area contributed by atoms with Crippen molar-refractivity contribution < 1.29 is 0 Å². The molecule has 0 aliphatic heterocycles. The quantitative estimate of drug-likeness (QED) is 0.822. The fourth-order valence-corrected chi connectivity index (χ4v) is 1.49. The number of aromatic nitrogens is 1. The topological polar surface area (TPSA) is 74.7 Å². The van der Waals surface area contributed by atoms with Gasteiger partial charge in [0.15, 0.2) is 0 Å². The van der Waals surface area contributed by atoms with Gasteiger partial charge in [0.2, 0.25) is 0 Å². The number of hydrogen-bond acceptors (Lipinski definition) is 4. The lowest BCUT2D eigenvalue weighted by molar-refractivity contribution is 1.30. The molecule has 1 aromatic heterocycles. The molecule has 2 aromatic rings. The van der Waals surface area contributed by atoms with Crippen LogP contribution in [-0.2, 0) is 0 Å². The minimum atomic E-state index is 0.462. The van der Waals surface area contributed by atoms with Gasteiger partial charge in [-0.1, -0.05) is 12.1 Å². The molecule has 17 heavy (non-hydrogen) atoms. The molecule has 0 aliphatic carbocycles. The summed E-state index contributed by atoms with van der Waals surface area (Å²) in [6.07, 6.45) is 0. The number of aryl methyl sites for hydroxylation is 1. The third-order valence-electron chi connectivity index (χ3n) is 2.40. The number of hydrogen-bond donors (Lipinski definition) is 2. The SMILES string of the molecule is Cc1ccc(C#N)cc1Nc1cccc(N)n1. The maximum absolute atomic E-state index is 8.85. The maximum atomic E-state index is 8.85. The third-order valence-corrected chi connectivity index (χ3v) is 2.40. The Hall–Kier alpha value is -2.54. The summed E-state index contributed by atoms with van der Waals surface area (Å²) in [5.41, 5.74) is 8.13. The zero-order valence-corrected chi connectivity index (χ0v) is 9.44. The summed E-state index contributed by atoms with van der Waals surface area (Å²) in [7, 11) is 0. The van der Waals surface area contributed by atoms with Crippen molar-refractivity contribution in [2.24, 2.45) is 0 Å². The Kier molecular flexibility index (Phi) is 2.93. The van der Waals surface area contributed by atoms with Gasteiger partial charge in [-0.3, -0.25) is 0 Å². The molecule has 0 saturated carbocycles. The van der Waals surface area contributed by atoms with E-state index in [0.717, 1.165) is 11.3 Å². The van der Waals surface area contributed by atoms with Crippen LogP contribution in [0.2, 0.25) is 0 Å². The number of nitrogen functional groups attached to an aromatic ring is 1. The predicted octanol–water partition coefficient (Wildman–Crippen LogP) is 2.59. The largest absolute Gasteiger partial charge is 0.384 e. The first kappa shape index (κ1) is 11.0. The van der Waals surface area contributed by atoms with Gasteiger partial charge in [-0.25, -0.2) is 4.98 Å². The van der Waals surface area contributed by atoms with Gasteiger partial charge in [-0.05, 0) is 36.8 Å². The van der Waals surface area contributed by atoms with Crippen molar-refractivity contribution in [2.45, 2.75) is 6.92 Å². The van der Waals surface area contributed by atoms with Gasteiger partial charge < -0.3 is 11.1 Å². The van der Waals surface area contributed by atoms with Gasteiger partial charge in [-0.15, -0.1) is 0 Å². The lowest BCUT2D eigenvalue weighted by atomic mass is 10.1. The van der Waals surface area contributed by atoms with Crippen molar-refractivity contribution in [2.75, 3.05) is 11.1 Å². The van der Waals surface area contributed by atoms with E-state index in [4.69, 9.17) is 11.0 Å². The monoisotopic (exact) mass is 224 g/mol. The number of nitriles is 1. The van der Waals surface area contributed by atoms with Crippen molar-refractivity contribution in [3.05, 3.63) is 47.5 Å². The molecule has 84 valence electrons. The highest BCUT2D eigenvalue weighted by Crippen LogP contribution is 2.20. The molecule has 0 fully saturated rings. The number of benzene rings is 1. The van der Waals surface area contributed by atoms with Crippen LogP contribution in [0.5, 0.6) is 0 Å². The molecule has 0 atom stereocenters. The van der Waals surface area contributed by atoms with Crippen LogP contribution in [0.25, 0.3) is 0 Å². The summed E-state index contributed by atoms with van der Waals surface area (Å²) in [4.78, 5) is 4.15. The molecular formula is C13H12N4. The van der Waals surface area contributed by atoms with Gasteiger partial charge >= 0.3 is 0 Å². The lowest BCUT2D eigenvalue weighted by Gasteiger charge is -2.09. The molecule has 0 spiro atoms. The van der Waals surface area contributed by atoms with Crippen molar-refractivity contribution in [1.82, 2.24) is 4.98 Å². The van der Waals surface area contributed by atoms with Crippen LogP contribution in [0.1, 0.15) is 11.1 Å². The summed E-state index contributed by atoms with van der Waals surface area (Å²) in [6, 6.07) is 13.0. The van der Waals surface area contributed by atoms with Crippen molar-refractivity contribution >= 4 is 17.3 Å². The standard InChI is InChI=1S/C13H12N4/c1-9-5-6-10(8-14)7-11(9)16-13-4-2-3-12(15)17-13/h2-7H,1H3,(H3,15,16,17). The number of anilines is 3. The molecule has 2 rings (SSSR count). The fourth-order valence-electron chi connectivity index (χ4n) is 1.49. The first-order valence-corrected chi connectivity index (χ1v) is 5.19. The van der Waals surface area contributed by atoms with Gasteiger partial charge in [0.05, 0.1) is 11.6 Å². The Morgan fingerprint density at radius 2 is 2.12 bits per heavy atom. The second-order valence-corrected chi connectivity index (χ2v) is 3.71. The van der Waals surface area contributed by atoms with E-state index < -0.39 is 0 Å². The molecule has 0 bridgehead atoms. The Balaban J connectivity index is 2.33. The number of rotatable bonds is 2. The summed E-state index contributed by atoms with van der Waals surface area (Å²) in [5.74, 6) is 1.13. The van der Waals surface area contributed by atoms with Gasteiger partial charge in [-0.2, -0.15) is 5.26 Å². The Labute approximate surface area is 99.7 Å². The van der Waals surface area contributed by atoms with Crippen LogP contribution in [0.15, 0.2) is 36.4 Å². The number of pyridine rings is 1. The number of nitrogens with zero attached hydrogens (tertiary/aromatic N) is 2. The van der Waals surface area contributed by atoms with Crippen LogP contribution in [0.3, 0.4) is 0 Å². The van der Waals surface area contributed by atoms with E-state index in [1.807, 2.05) is 25.1 Å². The predicted molar refractivity (Wildman–Crippen MR) is 67.8 cm³/mol. The van der Waals surface area contributed by atoms with E-state index >= 15 is 0 Å². The molecule has 0 amide bonds. The molecular weight excluding hydrogens is 212 g/mol. The van der Waals surface area contributed by atoms with Crippen molar-refractivity contribution in [3.63, 3.8) is 0 Å². The molecule has 0 unspecified atom stereocenters. The van der Waals surface area contributed by atoms with Crippen LogP contribution in [0.4, 0.5) is 17.3 Å². The molecule has 0 aliphatic rings. The number of nitrogens with two attached hydrogens (primary N) is 1. The Morgan fingerprint density at radius 3 is 2.82 bits per heavy atom. The van der Waals surface area contributed by atoms with E-state index in [-0.39, 0.29) is 0 Å². The van der Waals surface area contributed by atoms with E-state index in [9.17, 15) is 0 Å². The smallest absolute Gasteiger partial charge is 0.132 e. The van der Waals surface area contributed by atoms with Gasteiger partial charge in [0.1, 0.15) is 11.6 Å². The number of nitrogens with one attached hydrogen (secondary N) is 1. The summed E-state index contributed by atoms with van der Waals surface area (Å²) in [5, 5.41) is 12.0. The highest BCUT2D eigenvalue weighted by atomic mass is 15.0. The second kappa shape index (κ2) is 4.54. The third kappa shape index (κ3) is 2.52. The highest BCUT2D eigenvalue weighted by Gasteiger charge is 2.01.